The number of furan rings is 1. The van der Waals surface area contributed by atoms with E-state index in [0.717, 1.165) is 11.8 Å². The molecular formula is C20H15Cl2N3O5S2. The predicted octanol–water partition coefficient (Wildman–Crippen LogP) is 4.81. The molecule has 32 heavy (non-hydrogen) atoms. The summed E-state index contributed by atoms with van der Waals surface area (Å²) in [5, 5.41) is 2.26. The fourth-order valence-corrected chi connectivity index (χ4v) is 6.28. The molecule has 12 heteroatoms. The number of carbonyl (C=O) groups is 2. The quantitative estimate of drug-likeness (QED) is 0.471. The topological polar surface area (TPSA) is 118 Å². The van der Waals surface area contributed by atoms with Crippen LogP contribution in [0.1, 0.15) is 19.6 Å². The Labute approximate surface area is 197 Å². The third-order valence-electron chi connectivity index (χ3n) is 4.33. The minimum Gasteiger partial charge on any atom is -0.456 e. The molecule has 0 radical (unpaired) electrons. The molecule has 0 spiro atoms. The Bertz CT molecular complexity index is 1390. The standard InChI is InChI=1S/C20H15Cl2N3O5S2/c1-9(2)25-32(28,29)18-14(21)4-10(5-15(18)22)13-8-23-7-11-3-12(30-17(11)13)6-16-19(26)24-20(27)31-16/h3-9,25H,1-2H3,(H,24,26,27). The van der Waals surface area contributed by atoms with Crippen LogP contribution in [0.4, 0.5) is 4.79 Å². The van der Waals surface area contributed by atoms with Crippen molar-refractivity contribution in [2.24, 2.45) is 0 Å². The number of aromatic nitrogens is 1. The second-order valence-electron chi connectivity index (χ2n) is 7.15. The summed E-state index contributed by atoms with van der Waals surface area (Å²) in [7, 11) is -3.91. The average Bonchev–Trinajstić information content (AvgIpc) is 3.21. The SMILES string of the molecule is CC(C)NS(=O)(=O)c1c(Cl)cc(-c2cncc3cc(C=C4SC(=O)NC4=O)oc23)cc1Cl. The zero-order valence-electron chi connectivity index (χ0n) is 16.6. The van der Waals surface area contributed by atoms with E-state index in [1.54, 1.807) is 26.1 Å². The molecule has 0 unspecified atom stereocenters. The molecule has 0 atom stereocenters. The van der Waals surface area contributed by atoms with Gasteiger partial charge in [-0.05, 0) is 49.4 Å². The molecule has 0 bridgehead atoms. The second-order valence-corrected chi connectivity index (χ2v) is 10.6. The molecule has 1 aliphatic heterocycles. The van der Waals surface area contributed by atoms with Crippen molar-refractivity contribution in [2.45, 2.75) is 24.8 Å². The molecule has 1 saturated heterocycles. The maximum absolute atomic E-state index is 12.6. The largest absolute Gasteiger partial charge is 0.456 e. The number of nitrogens with zero attached hydrogens (tertiary/aromatic N) is 1. The Balaban J connectivity index is 1.79. The third kappa shape index (κ3) is 4.41. The molecule has 2 aromatic heterocycles. The normalized spacial score (nSPS) is 15.8. The summed E-state index contributed by atoms with van der Waals surface area (Å²) in [5.74, 6) is -0.150. The van der Waals surface area contributed by atoms with Gasteiger partial charge in [-0.25, -0.2) is 13.1 Å². The van der Waals surface area contributed by atoms with E-state index in [4.69, 9.17) is 27.6 Å². The first kappa shape index (κ1) is 22.8. The molecule has 1 fully saturated rings. The number of benzene rings is 1. The minimum atomic E-state index is -3.91. The van der Waals surface area contributed by atoms with Gasteiger partial charge in [-0.3, -0.25) is 19.9 Å². The lowest BCUT2D eigenvalue weighted by Crippen LogP contribution is -2.30. The van der Waals surface area contributed by atoms with Gasteiger partial charge in [-0.2, -0.15) is 0 Å². The van der Waals surface area contributed by atoms with Crippen molar-refractivity contribution in [2.75, 3.05) is 0 Å². The first-order valence-corrected chi connectivity index (χ1v) is 12.2. The van der Waals surface area contributed by atoms with Crippen molar-refractivity contribution in [1.82, 2.24) is 15.0 Å². The molecule has 2 N–H and O–H groups in total. The molecule has 2 amide bonds. The molecule has 0 aliphatic carbocycles. The third-order valence-corrected chi connectivity index (χ3v) is 7.72. The molecular weight excluding hydrogens is 497 g/mol. The Morgan fingerprint density at radius 1 is 1.16 bits per heavy atom. The molecule has 1 aromatic carbocycles. The first-order chi connectivity index (χ1) is 15.0. The Morgan fingerprint density at radius 2 is 1.84 bits per heavy atom. The average molecular weight is 512 g/mol. The van der Waals surface area contributed by atoms with Crippen LogP contribution in [0.3, 0.4) is 0 Å². The van der Waals surface area contributed by atoms with Gasteiger partial charge in [0.1, 0.15) is 16.2 Å². The van der Waals surface area contributed by atoms with Gasteiger partial charge in [-0.1, -0.05) is 23.2 Å². The summed E-state index contributed by atoms with van der Waals surface area (Å²) in [4.78, 5) is 27.3. The van der Waals surface area contributed by atoms with Crippen LogP contribution >= 0.6 is 35.0 Å². The van der Waals surface area contributed by atoms with Crippen molar-refractivity contribution in [3.05, 3.63) is 51.3 Å². The molecule has 8 nitrogen and oxygen atoms in total. The number of sulfonamides is 1. The maximum atomic E-state index is 12.6. The number of rotatable bonds is 5. The van der Waals surface area contributed by atoms with Crippen LogP contribution in [0.25, 0.3) is 28.2 Å². The van der Waals surface area contributed by atoms with Crippen LogP contribution in [0.2, 0.25) is 10.0 Å². The molecule has 0 saturated carbocycles. The number of hydrogen-bond donors (Lipinski definition) is 2. The van der Waals surface area contributed by atoms with E-state index >= 15 is 0 Å². The van der Waals surface area contributed by atoms with Crippen molar-refractivity contribution in [3.63, 3.8) is 0 Å². The highest BCUT2D eigenvalue weighted by molar-refractivity contribution is 8.18. The predicted molar refractivity (Wildman–Crippen MR) is 124 cm³/mol. The molecule has 4 rings (SSSR count). The summed E-state index contributed by atoms with van der Waals surface area (Å²) in [6.45, 7) is 3.38. The number of thioether (sulfide) groups is 1. The van der Waals surface area contributed by atoms with Crippen LogP contribution in [0.5, 0.6) is 0 Å². The number of fused-ring (bicyclic) bond motifs is 1. The van der Waals surface area contributed by atoms with Crippen molar-refractivity contribution in [3.8, 4) is 11.1 Å². The van der Waals surface area contributed by atoms with E-state index in [2.05, 4.69) is 15.0 Å². The molecule has 3 aromatic rings. The number of imide groups is 1. The summed E-state index contributed by atoms with van der Waals surface area (Å²) in [6.07, 6.45) is 4.57. The number of halogens is 2. The zero-order valence-corrected chi connectivity index (χ0v) is 19.7. The fraction of sp³-hybridized carbons (Fsp3) is 0.150. The first-order valence-electron chi connectivity index (χ1n) is 9.19. The number of nitrogens with one attached hydrogen (secondary N) is 2. The molecule has 1 aliphatic rings. The van der Waals surface area contributed by atoms with Crippen LogP contribution in [-0.4, -0.2) is 30.6 Å². The van der Waals surface area contributed by atoms with Gasteiger partial charge in [-0.15, -0.1) is 0 Å². The number of pyridine rings is 1. The van der Waals surface area contributed by atoms with E-state index in [0.29, 0.717) is 27.9 Å². The van der Waals surface area contributed by atoms with Gasteiger partial charge in [0.15, 0.2) is 0 Å². The smallest absolute Gasteiger partial charge is 0.290 e. The van der Waals surface area contributed by atoms with Gasteiger partial charge in [0.25, 0.3) is 11.1 Å². The lowest BCUT2D eigenvalue weighted by molar-refractivity contribution is -0.115. The summed E-state index contributed by atoms with van der Waals surface area (Å²) < 4.78 is 33.5. The van der Waals surface area contributed by atoms with Gasteiger partial charge in [0, 0.05) is 35.5 Å². The van der Waals surface area contributed by atoms with E-state index in [1.165, 1.54) is 24.4 Å². The van der Waals surface area contributed by atoms with E-state index in [-0.39, 0.29) is 25.9 Å². The number of amides is 2. The van der Waals surface area contributed by atoms with Crippen molar-refractivity contribution >= 4 is 73.2 Å². The molecule has 166 valence electrons. The maximum Gasteiger partial charge on any atom is 0.290 e. The highest BCUT2D eigenvalue weighted by Crippen LogP contribution is 2.38. The lowest BCUT2D eigenvalue weighted by Gasteiger charge is -2.14. The van der Waals surface area contributed by atoms with Gasteiger partial charge < -0.3 is 4.42 Å². The summed E-state index contributed by atoms with van der Waals surface area (Å²) in [6, 6.07) is 4.27. The van der Waals surface area contributed by atoms with Crippen LogP contribution in [-0.2, 0) is 14.8 Å². The second kappa shape index (κ2) is 8.53. The zero-order chi connectivity index (χ0) is 23.2. The van der Waals surface area contributed by atoms with Crippen LogP contribution in [0.15, 0.2) is 44.8 Å². The van der Waals surface area contributed by atoms with Gasteiger partial charge in [0.05, 0.1) is 15.0 Å². The highest BCUT2D eigenvalue weighted by Gasteiger charge is 2.26. The van der Waals surface area contributed by atoms with Crippen LogP contribution in [0, 0.1) is 0 Å². The summed E-state index contributed by atoms with van der Waals surface area (Å²) in [5.41, 5.74) is 1.46. The van der Waals surface area contributed by atoms with Crippen molar-refractivity contribution in [1.29, 1.82) is 0 Å². The fourth-order valence-electron chi connectivity index (χ4n) is 3.15. The van der Waals surface area contributed by atoms with E-state index in [9.17, 15) is 18.0 Å². The minimum absolute atomic E-state index is 0.0518. The van der Waals surface area contributed by atoms with E-state index < -0.39 is 21.2 Å². The number of carbonyl (C=O) groups excluding carboxylic acids is 2. The Kier molecular flexibility index (Phi) is 6.08. The number of hydrogen-bond acceptors (Lipinski definition) is 7. The van der Waals surface area contributed by atoms with Gasteiger partial charge >= 0.3 is 0 Å². The van der Waals surface area contributed by atoms with Crippen LogP contribution < -0.4 is 10.0 Å². The highest BCUT2D eigenvalue weighted by atomic mass is 35.5. The Hall–Kier alpha value is -2.37. The monoisotopic (exact) mass is 511 g/mol. The lowest BCUT2D eigenvalue weighted by atomic mass is 10.1. The van der Waals surface area contributed by atoms with Gasteiger partial charge in [0.2, 0.25) is 10.0 Å². The Morgan fingerprint density at radius 3 is 2.44 bits per heavy atom. The summed E-state index contributed by atoms with van der Waals surface area (Å²) >= 11 is 13.4. The van der Waals surface area contributed by atoms with Crippen molar-refractivity contribution < 1.29 is 22.4 Å². The van der Waals surface area contributed by atoms with E-state index in [1.807, 2.05) is 0 Å². The molecule has 3 heterocycles.